The lowest BCUT2D eigenvalue weighted by Crippen LogP contribution is -2.42. The zero-order valence-corrected chi connectivity index (χ0v) is 10.2. The fraction of sp³-hybridized carbons (Fsp3) is 0.300. The molecule has 2 unspecified atom stereocenters. The van der Waals surface area contributed by atoms with Gasteiger partial charge >= 0.3 is 10.6 Å². The van der Waals surface area contributed by atoms with Crippen LogP contribution in [0.3, 0.4) is 0 Å². The van der Waals surface area contributed by atoms with Crippen LogP contribution in [-0.4, -0.2) is 21.1 Å². The summed E-state index contributed by atoms with van der Waals surface area (Å²) in [5.41, 5.74) is -0.0496. The number of carbonyl (C=O) groups is 1. The van der Waals surface area contributed by atoms with Gasteiger partial charge in [0.15, 0.2) is 0 Å². The topological polar surface area (TPSA) is 34.1 Å². The minimum Gasteiger partial charge on any atom is -0.302 e. The number of carbonyl (C=O) groups excluding carboxylic acids is 1. The molecule has 0 spiro atoms. The number of hydrogen-bond acceptors (Lipinski definition) is 2. The second kappa shape index (κ2) is 5.36. The van der Waals surface area contributed by atoms with Crippen molar-refractivity contribution in [3.63, 3.8) is 0 Å². The molecule has 0 aliphatic heterocycles. The van der Waals surface area contributed by atoms with Gasteiger partial charge in [-0.25, -0.2) is 0 Å². The molecule has 1 aromatic rings. The molecule has 8 heteroatoms. The van der Waals surface area contributed by atoms with Crippen molar-refractivity contribution in [1.29, 1.82) is 0 Å². The fourth-order valence-corrected chi connectivity index (χ4v) is 2.45. The van der Waals surface area contributed by atoms with E-state index < -0.39 is 26.7 Å². The first-order valence-electron chi connectivity index (χ1n) is 4.57. The highest BCUT2D eigenvalue weighted by Gasteiger charge is 2.61. The Balaban J connectivity index is 3.12. The van der Waals surface area contributed by atoms with Crippen molar-refractivity contribution < 1.29 is 26.6 Å². The highest BCUT2D eigenvalue weighted by molar-refractivity contribution is 7.87. The van der Waals surface area contributed by atoms with Crippen LogP contribution in [0.25, 0.3) is 0 Å². The summed E-state index contributed by atoms with van der Waals surface area (Å²) in [6.07, 6.45) is -0.0675. The molecule has 2 nitrogen and oxygen atoms in total. The van der Waals surface area contributed by atoms with Crippen LogP contribution in [0.5, 0.6) is 0 Å². The van der Waals surface area contributed by atoms with Gasteiger partial charge in [-0.15, -0.1) is 0 Å². The quantitative estimate of drug-likeness (QED) is 0.476. The van der Waals surface area contributed by atoms with Crippen molar-refractivity contribution >= 4 is 28.7 Å². The maximum Gasteiger partial charge on any atom is 0.398 e. The molecule has 0 bridgehead atoms. The number of alkyl halides is 5. The molecule has 0 aliphatic carbocycles. The molecular formula is C10H7ClF4O2S. The summed E-state index contributed by atoms with van der Waals surface area (Å²) >= 11 is 4.22. The first-order chi connectivity index (χ1) is 8.21. The highest BCUT2D eigenvalue weighted by Crippen LogP contribution is 2.43. The van der Waals surface area contributed by atoms with Crippen LogP contribution >= 0.6 is 11.6 Å². The van der Waals surface area contributed by atoms with Crippen LogP contribution in [0.15, 0.2) is 30.3 Å². The highest BCUT2D eigenvalue weighted by atomic mass is 35.5. The van der Waals surface area contributed by atoms with Gasteiger partial charge in [0.2, 0.25) is 0 Å². The van der Waals surface area contributed by atoms with Crippen LogP contribution in [0.2, 0.25) is 0 Å². The van der Waals surface area contributed by atoms with Gasteiger partial charge in [0.05, 0.1) is 0 Å². The lowest BCUT2D eigenvalue weighted by atomic mass is 10.2. The van der Waals surface area contributed by atoms with E-state index in [-0.39, 0.29) is 11.8 Å². The summed E-state index contributed by atoms with van der Waals surface area (Å²) in [4.78, 5) is 10.7. The standard InChI is InChI=1S/C10H7ClF4O2S/c11-9(12,13)10(14,15)18(17)8(6-16)7-4-2-1-3-5-7/h1-6,8H. The van der Waals surface area contributed by atoms with Gasteiger partial charge in [0, 0.05) is 0 Å². The van der Waals surface area contributed by atoms with E-state index in [1.54, 1.807) is 0 Å². The van der Waals surface area contributed by atoms with Crippen LogP contribution in [0.4, 0.5) is 17.6 Å². The Morgan fingerprint density at radius 1 is 1.17 bits per heavy atom. The number of rotatable bonds is 5. The minimum atomic E-state index is -5.00. The Bertz CT molecular complexity index is 447. The molecule has 18 heavy (non-hydrogen) atoms. The molecule has 0 aromatic heterocycles. The Kier molecular flexibility index (Phi) is 4.50. The molecule has 100 valence electrons. The van der Waals surface area contributed by atoms with E-state index in [1.165, 1.54) is 30.3 Å². The largest absolute Gasteiger partial charge is 0.398 e. The second-order valence-electron chi connectivity index (χ2n) is 3.28. The Morgan fingerprint density at radius 3 is 2.06 bits per heavy atom. The van der Waals surface area contributed by atoms with Gasteiger partial charge in [-0.05, 0) is 17.2 Å². The van der Waals surface area contributed by atoms with Gasteiger partial charge in [0.1, 0.15) is 22.3 Å². The van der Waals surface area contributed by atoms with Crippen LogP contribution in [0.1, 0.15) is 10.8 Å². The maximum absolute atomic E-state index is 13.1. The van der Waals surface area contributed by atoms with Crippen LogP contribution in [-0.2, 0) is 15.6 Å². The molecule has 0 heterocycles. The van der Waals surface area contributed by atoms with E-state index in [0.717, 1.165) is 0 Å². The third-order valence-electron chi connectivity index (χ3n) is 2.07. The van der Waals surface area contributed by atoms with Gasteiger partial charge in [-0.1, -0.05) is 30.3 Å². The zero-order valence-electron chi connectivity index (χ0n) is 8.66. The first kappa shape index (κ1) is 15.1. The predicted molar refractivity (Wildman–Crippen MR) is 59.1 cm³/mol. The van der Waals surface area contributed by atoms with E-state index in [1.807, 2.05) is 0 Å². The van der Waals surface area contributed by atoms with Crippen molar-refractivity contribution in [1.82, 2.24) is 0 Å². The number of hydrogen-bond donors (Lipinski definition) is 0. The lowest BCUT2D eigenvalue weighted by Gasteiger charge is -2.23. The molecule has 1 aromatic carbocycles. The number of benzene rings is 1. The Hall–Kier alpha value is -0.950. The third kappa shape index (κ3) is 2.89. The summed E-state index contributed by atoms with van der Waals surface area (Å²) in [5.74, 6) is 0. The van der Waals surface area contributed by atoms with Crippen molar-refractivity contribution in [3.05, 3.63) is 35.9 Å². The second-order valence-corrected chi connectivity index (χ2v) is 5.37. The van der Waals surface area contributed by atoms with E-state index in [0.29, 0.717) is 0 Å². The van der Waals surface area contributed by atoms with Crippen molar-refractivity contribution in [2.24, 2.45) is 0 Å². The fourth-order valence-electron chi connectivity index (χ4n) is 1.17. The smallest absolute Gasteiger partial charge is 0.302 e. The summed E-state index contributed by atoms with van der Waals surface area (Å²) < 4.78 is 62.6. The average Bonchev–Trinajstić information content (AvgIpc) is 2.29. The average molecular weight is 303 g/mol. The van der Waals surface area contributed by atoms with Crippen molar-refractivity contribution in [3.8, 4) is 0 Å². The third-order valence-corrected chi connectivity index (χ3v) is 4.02. The molecule has 0 aliphatic rings. The van der Waals surface area contributed by atoms with Gasteiger partial charge in [-0.2, -0.15) is 17.6 Å². The predicted octanol–water partition coefficient (Wildman–Crippen LogP) is 3.10. The van der Waals surface area contributed by atoms with Crippen molar-refractivity contribution in [2.45, 2.75) is 15.9 Å². The van der Waals surface area contributed by atoms with Gasteiger partial charge in [0.25, 0.3) is 0 Å². The minimum absolute atomic E-state index is 0.0496. The van der Waals surface area contributed by atoms with E-state index in [9.17, 15) is 26.6 Å². The summed E-state index contributed by atoms with van der Waals surface area (Å²) in [7, 11) is -3.47. The normalized spacial score (nSPS) is 16.1. The lowest BCUT2D eigenvalue weighted by molar-refractivity contribution is -0.108. The summed E-state index contributed by atoms with van der Waals surface area (Å²) in [6.45, 7) is 0. The monoisotopic (exact) mass is 302 g/mol. The summed E-state index contributed by atoms with van der Waals surface area (Å²) in [5, 5.41) is -11.9. The van der Waals surface area contributed by atoms with Crippen LogP contribution in [0, 0.1) is 0 Å². The molecule has 0 saturated heterocycles. The Labute approximate surface area is 107 Å². The molecule has 0 amide bonds. The van der Waals surface area contributed by atoms with Crippen molar-refractivity contribution in [2.75, 3.05) is 0 Å². The molecule has 0 N–H and O–H groups in total. The molecule has 2 atom stereocenters. The van der Waals surface area contributed by atoms with E-state index >= 15 is 0 Å². The van der Waals surface area contributed by atoms with Crippen LogP contribution < -0.4 is 0 Å². The number of aldehydes is 1. The Morgan fingerprint density at radius 2 is 1.67 bits per heavy atom. The summed E-state index contributed by atoms with van der Waals surface area (Å²) in [6, 6.07) is 6.81. The molecule has 0 saturated carbocycles. The zero-order chi connectivity index (χ0) is 14.0. The first-order valence-corrected chi connectivity index (χ1v) is 6.16. The van der Waals surface area contributed by atoms with Gasteiger partial charge in [-0.3, -0.25) is 4.21 Å². The molecular weight excluding hydrogens is 296 g/mol. The van der Waals surface area contributed by atoms with E-state index in [4.69, 9.17) is 0 Å². The molecule has 0 radical (unpaired) electrons. The number of halogens is 5. The van der Waals surface area contributed by atoms with Gasteiger partial charge < -0.3 is 4.79 Å². The SMILES string of the molecule is O=CC(c1ccccc1)S(=O)C(F)(F)C(F)(F)Cl. The molecule has 1 rings (SSSR count). The maximum atomic E-state index is 13.1. The van der Waals surface area contributed by atoms with E-state index in [2.05, 4.69) is 11.6 Å². The molecule has 0 fully saturated rings.